The van der Waals surface area contributed by atoms with Gasteiger partial charge in [0.1, 0.15) is 11.6 Å². The number of anilines is 1. The van der Waals surface area contributed by atoms with Crippen LogP contribution in [0.4, 0.5) is 5.82 Å². The van der Waals surface area contributed by atoms with Crippen LogP contribution in [0.25, 0.3) is 0 Å². The van der Waals surface area contributed by atoms with Crippen molar-refractivity contribution in [1.82, 2.24) is 9.97 Å². The number of rotatable bonds is 4. The van der Waals surface area contributed by atoms with E-state index >= 15 is 0 Å². The highest BCUT2D eigenvalue weighted by atomic mass is 16.4. The molecule has 1 aromatic heterocycles. The van der Waals surface area contributed by atoms with Crippen LogP contribution >= 0.6 is 0 Å². The maximum Gasteiger partial charge on any atom is 0.311 e. The van der Waals surface area contributed by atoms with Gasteiger partial charge in [-0.2, -0.15) is 0 Å². The fourth-order valence-electron chi connectivity index (χ4n) is 1.68. The number of aliphatic carboxylic acids is 1. The van der Waals surface area contributed by atoms with Crippen LogP contribution in [0.1, 0.15) is 24.4 Å². The Bertz CT molecular complexity index is 407. The molecular formula is C11H15N3O2. The molecule has 0 aliphatic heterocycles. The quantitative estimate of drug-likeness (QED) is 0.803. The number of carboxylic acids is 1. The average Bonchev–Trinajstić information content (AvgIpc) is 2.94. The van der Waals surface area contributed by atoms with Crippen molar-refractivity contribution >= 4 is 11.8 Å². The maximum absolute atomic E-state index is 11.0. The highest BCUT2D eigenvalue weighted by molar-refractivity contribution is 5.78. The topological polar surface area (TPSA) is 75.1 Å². The summed E-state index contributed by atoms with van der Waals surface area (Å²) >= 11 is 0. The zero-order valence-corrected chi connectivity index (χ0v) is 9.45. The molecule has 86 valence electrons. The first kappa shape index (κ1) is 10.9. The van der Waals surface area contributed by atoms with Gasteiger partial charge in [0.05, 0.1) is 5.41 Å². The van der Waals surface area contributed by atoms with Gasteiger partial charge in [-0.1, -0.05) is 0 Å². The Morgan fingerprint density at radius 2 is 2.19 bits per heavy atom. The third-order valence-electron chi connectivity index (χ3n) is 2.88. The van der Waals surface area contributed by atoms with E-state index in [1.54, 1.807) is 0 Å². The number of nitrogens with one attached hydrogen (secondary N) is 1. The molecule has 0 amide bonds. The van der Waals surface area contributed by atoms with E-state index in [2.05, 4.69) is 15.3 Å². The first-order valence-electron chi connectivity index (χ1n) is 5.31. The molecule has 0 unspecified atom stereocenters. The summed E-state index contributed by atoms with van der Waals surface area (Å²) in [5.41, 5.74) is 0.322. The van der Waals surface area contributed by atoms with E-state index in [1.807, 2.05) is 19.9 Å². The Morgan fingerprint density at radius 1 is 1.50 bits per heavy atom. The molecule has 0 bridgehead atoms. The Kier molecular flexibility index (Phi) is 2.53. The molecule has 16 heavy (non-hydrogen) atoms. The van der Waals surface area contributed by atoms with Crippen molar-refractivity contribution in [1.29, 1.82) is 0 Å². The van der Waals surface area contributed by atoms with Crippen molar-refractivity contribution in [3.63, 3.8) is 0 Å². The molecule has 2 N–H and O–H groups in total. The summed E-state index contributed by atoms with van der Waals surface area (Å²) < 4.78 is 0. The molecule has 2 rings (SSSR count). The number of aryl methyl sites for hydroxylation is 2. The summed E-state index contributed by atoms with van der Waals surface area (Å²) in [6.45, 7) is 4.16. The lowest BCUT2D eigenvalue weighted by atomic mass is 10.1. The molecule has 0 spiro atoms. The van der Waals surface area contributed by atoms with Crippen molar-refractivity contribution in [2.24, 2.45) is 5.41 Å². The van der Waals surface area contributed by atoms with Gasteiger partial charge in [0.2, 0.25) is 0 Å². The Morgan fingerprint density at radius 3 is 2.69 bits per heavy atom. The van der Waals surface area contributed by atoms with Gasteiger partial charge in [-0.15, -0.1) is 0 Å². The summed E-state index contributed by atoms with van der Waals surface area (Å²) in [5, 5.41) is 12.1. The number of hydrogen-bond acceptors (Lipinski definition) is 4. The highest BCUT2D eigenvalue weighted by Crippen LogP contribution is 2.45. The second kappa shape index (κ2) is 3.73. The predicted octanol–water partition coefficient (Wildman–Crippen LogP) is 1.37. The van der Waals surface area contributed by atoms with Crippen LogP contribution in [0.15, 0.2) is 6.07 Å². The molecule has 1 heterocycles. The minimum Gasteiger partial charge on any atom is -0.481 e. The van der Waals surface area contributed by atoms with Crippen molar-refractivity contribution in [3.8, 4) is 0 Å². The fraction of sp³-hybridized carbons (Fsp3) is 0.545. The van der Waals surface area contributed by atoms with Gasteiger partial charge < -0.3 is 10.4 Å². The molecule has 5 nitrogen and oxygen atoms in total. The lowest BCUT2D eigenvalue weighted by Crippen LogP contribution is -2.24. The van der Waals surface area contributed by atoms with Gasteiger partial charge in [-0.3, -0.25) is 4.79 Å². The van der Waals surface area contributed by atoms with Crippen molar-refractivity contribution in [2.45, 2.75) is 26.7 Å². The van der Waals surface area contributed by atoms with E-state index in [-0.39, 0.29) is 0 Å². The van der Waals surface area contributed by atoms with Gasteiger partial charge in [-0.25, -0.2) is 9.97 Å². The van der Waals surface area contributed by atoms with Crippen molar-refractivity contribution in [3.05, 3.63) is 17.6 Å². The van der Waals surface area contributed by atoms with Crippen LogP contribution in [-0.4, -0.2) is 27.6 Å². The predicted molar refractivity (Wildman–Crippen MR) is 59.3 cm³/mol. The summed E-state index contributed by atoms with van der Waals surface area (Å²) in [6, 6.07) is 1.82. The molecule has 1 fully saturated rings. The number of nitrogens with zero attached hydrogens (tertiary/aromatic N) is 2. The zero-order valence-electron chi connectivity index (χ0n) is 9.45. The van der Waals surface area contributed by atoms with Gasteiger partial charge in [0.25, 0.3) is 0 Å². The van der Waals surface area contributed by atoms with Crippen LogP contribution in [0, 0.1) is 19.3 Å². The molecule has 5 heteroatoms. The molecule has 1 aliphatic rings. The minimum absolute atomic E-state index is 0.443. The molecule has 0 saturated heterocycles. The van der Waals surface area contributed by atoms with E-state index < -0.39 is 11.4 Å². The van der Waals surface area contributed by atoms with E-state index in [0.717, 1.165) is 18.5 Å². The first-order valence-corrected chi connectivity index (χ1v) is 5.31. The molecule has 1 saturated carbocycles. The second-order valence-corrected chi connectivity index (χ2v) is 4.38. The van der Waals surface area contributed by atoms with Crippen LogP contribution in [0.3, 0.4) is 0 Å². The third-order valence-corrected chi connectivity index (χ3v) is 2.88. The molecular weight excluding hydrogens is 206 g/mol. The van der Waals surface area contributed by atoms with Gasteiger partial charge >= 0.3 is 5.97 Å². The Hall–Kier alpha value is -1.65. The summed E-state index contributed by atoms with van der Waals surface area (Å²) in [4.78, 5) is 19.3. The summed E-state index contributed by atoms with van der Waals surface area (Å²) in [6.07, 6.45) is 1.50. The molecule has 0 atom stereocenters. The number of hydrogen-bond donors (Lipinski definition) is 2. The van der Waals surface area contributed by atoms with Gasteiger partial charge in [0.15, 0.2) is 0 Å². The van der Waals surface area contributed by atoms with Crippen LogP contribution in [0.5, 0.6) is 0 Å². The Labute approximate surface area is 93.9 Å². The fourth-order valence-corrected chi connectivity index (χ4v) is 1.68. The molecule has 1 aromatic rings. The molecule has 1 aliphatic carbocycles. The standard InChI is InChI=1S/C11H15N3O2/c1-7-5-9(14-8(2)13-7)12-6-11(3-4-11)10(15)16/h5H,3-4,6H2,1-2H3,(H,15,16)(H,12,13,14). The first-order chi connectivity index (χ1) is 7.52. The van der Waals surface area contributed by atoms with E-state index in [9.17, 15) is 4.79 Å². The minimum atomic E-state index is -0.720. The van der Waals surface area contributed by atoms with Crippen LogP contribution < -0.4 is 5.32 Å². The smallest absolute Gasteiger partial charge is 0.311 e. The third kappa shape index (κ3) is 2.13. The number of aromatic nitrogens is 2. The van der Waals surface area contributed by atoms with Gasteiger partial charge in [-0.05, 0) is 26.7 Å². The number of carbonyl (C=O) groups is 1. The van der Waals surface area contributed by atoms with E-state index in [4.69, 9.17) is 5.11 Å². The van der Waals surface area contributed by atoms with Gasteiger partial charge in [0, 0.05) is 18.3 Å². The second-order valence-electron chi connectivity index (χ2n) is 4.38. The molecule has 0 radical (unpaired) electrons. The number of carboxylic acid groups (broad SMARTS) is 1. The summed E-state index contributed by atoms with van der Waals surface area (Å²) in [5.74, 6) is 0.683. The molecule has 0 aromatic carbocycles. The SMILES string of the molecule is Cc1cc(NCC2(C(=O)O)CC2)nc(C)n1. The van der Waals surface area contributed by atoms with E-state index in [1.165, 1.54) is 0 Å². The lowest BCUT2D eigenvalue weighted by Gasteiger charge is -2.12. The largest absolute Gasteiger partial charge is 0.481 e. The van der Waals surface area contributed by atoms with Crippen LogP contribution in [0.2, 0.25) is 0 Å². The monoisotopic (exact) mass is 221 g/mol. The maximum atomic E-state index is 11.0. The van der Waals surface area contributed by atoms with Crippen molar-refractivity contribution in [2.75, 3.05) is 11.9 Å². The highest BCUT2D eigenvalue weighted by Gasteiger charge is 2.50. The zero-order chi connectivity index (χ0) is 11.8. The average molecular weight is 221 g/mol. The van der Waals surface area contributed by atoms with E-state index in [0.29, 0.717) is 18.2 Å². The lowest BCUT2D eigenvalue weighted by molar-refractivity contribution is -0.142. The normalized spacial score (nSPS) is 16.9. The summed E-state index contributed by atoms with van der Waals surface area (Å²) in [7, 11) is 0. The van der Waals surface area contributed by atoms with Crippen LogP contribution in [-0.2, 0) is 4.79 Å². The Balaban J connectivity index is 2.02. The van der Waals surface area contributed by atoms with Crippen molar-refractivity contribution < 1.29 is 9.90 Å².